The largest absolute Gasteiger partial charge is 0.444 e. The van der Waals surface area contributed by atoms with E-state index in [1.807, 2.05) is 20.8 Å². The van der Waals surface area contributed by atoms with E-state index >= 15 is 0 Å². The van der Waals surface area contributed by atoms with Gasteiger partial charge in [-0.05, 0) is 46.0 Å². The third-order valence-electron chi connectivity index (χ3n) is 5.17. The Morgan fingerprint density at radius 2 is 1.80 bits per heavy atom. The van der Waals surface area contributed by atoms with Crippen LogP contribution in [0.4, 0.5) is 9.59 Å². The monoisotopic (exact) mass is 351 g/mol. The van der Waals surface area contributed by atoms with Crippen LogP contribution in [0.1, 0.15) is 52.9 Å². The Balaban J connectivity index is 1.60. The number of rotatable bonds is 1. The molecule has 0 aromatic carbocycles. The maximum absolute atomic E-state index is 12.7. The molecule has 0 aromatic heterocycles. The van der Waals surface area contributed by atoms with E-state index in [1.54, 1.807) is 4.90 Å². The van der Waals surface area contributed by atoms with E-state index in [-0.39, 0.29) is 35.9 Å². The van der Waals surface area contributed by atoms with E-state index in [0.29, 0.717) is 19.6 Å². The molecule has 2 atom stereocenters. The van der Waals surface area contributed by atoms with Crippen LogP contribution in [0.25, 0.3) is 0 Å². The van der Waals surface area contributed by atoms with E-state index in [1.165, 1.54) is 4.90 Å². The number of urea groups is 1. The second kappa shape index (κ2) is 6.84. The summed E-state index contributed by atoms with van der Waals surface area (Å²) in [5.41, 5.74) is -0.555. The zero-order valence-corrected chi connectivity index (χ0v) is 15.4. The van der Waals surface area contributed by atoms with Crippen molar-refractivity contribution in [3.8, 4) is 0 Å². The molecule has 1 aliphatic carbocycles. The lowest BCUT2D eigenvalue weighted by atomic mass is 9.84. The Kier molecular flexibility index (Phi) is 4.93. The van der Waals surface area contributed by atoms with Crippen molar-refractivity contribution in [2.24, 2.45) is 11.8 Å². The molecule has 0 aromatic rings. The summed E-state index contributed by atoms with van der Waals surface area (Å²) in [6.45, 7) is 6.73. The van der Waals surface area contributed by atoms with E-state index < -0.39 is 5.60 Å². The van der Waals surface area contributed by atoms with Gasteiger partial charge in [-0.3, -0.25) is 9.69 Å². The normalized spacial score (nSPS) is 27.4. The number of ether oxygens (including phenoxy) is 1. The zero-order chi connectivity index (χ0) is 18.2. The van der Waals surface area contributed by atoms with Gasteiger partial charge in [0.2, 0.25) is 5.91 Å². The summed E-state index contributed by atoms with van der Waals surface area (Å²) >= 11 is 0. The summed E-state index contributed by atoms with van der Waals surface area (Å²) < 4.78 is 5.42. The molecule has 1 N–H and O–H groups in total. The van der Waals surface area contributed by atoms with E-state index in [0.717, 1.165) is 32.1 Å². The molecule has 25 heavy (non-hydrogen) atoms. The van der Waals surface area contributed by atoms with Gasteiger partial charge in [0.05, 0.1) is 5.92 Å². The Labute approximate surface area is 149 Å². The summed E-state index contributed by atoms with van der Waals surface area (Å²) in [5, 5.41) is 2.99. The maximum atomic E-state index is 12.7. The highest BCUT2D eigenvalue weighted by molar-refractivity contribution is 5.96. The highest BCUT2D eigenvalue weighted by atomic mass is 16.6. The molecular weight excluding hydrogens is 322 g/mol. The Bertz CT molecular complexity index is 551. The molecule has 3 rings (SSSR count). The van der Waals surface area contributed by atoms with Gasteiger partial charge < -0.3 is 15.0 Å². The first-order valence-electron chi connectivity index (χ1n) is 9.33. The third kappa shape index (κ3) is 4.25. The van der Waals surface area contributed by atoms with Crippen LogP contribution < -0.4 is 5.32 Å². The lowest BCUT2D eigenvalue weighted by Gasteiger charge is -2.44. The fourth-order valence-corrected chi connectivity index (χ4v) is 4.06. The molecule has 4 amide bonds. The van der Waals surface area contributed by atoms with Crippen LogP contribution in [0.5, 0.6) is 0 Å². The molecule has 2 aliphatic heterocycles. The first-order valence-corrected chi connectivity index (χ1v) is 9.33. The van der Waals surface area contributed by atoms with Crippen molar-refractivity contribution in [3.63, 3.8) is 0 Å². The molecule has 0 radical (unpaired) electrons. The Hall–Kier alpha value is -1.79. The number of piperidine rings is 2. The van der Waals surface area contributed by atoms with Gasteiger partial charge in [0, 0.05) is 25.7 Å². The number of fused-ring (bicyclic) bond motifs is 2. The van der Waals surface area contributed by atoms with Gasteiger partial charge in [-0.15, -0.1) is 0 Å². The Morgan fingerprint density at radius 1 is 1.12 bits per heavy atom. The van der Waals surface area contributed by atoms with Gasteiger partial charge in [0.25, 0.3) is 0 Å². The maximum Gasteiger partial charge on any atom is 0.410 e. The van der Waals surface area contributed by atoms with E-state index in [4.69, 9.17) is 4.74 Å². The smallest absolute Gasteiger partial charge is 0.410 e. The minimum Gasteiger partial charge on any atom is -0.444 e. The lowest BCUT2D eigenvalue weighted by Crippen LogP contribution is -2.60. The molecule has 3 aliphatic rings. The molecule has 140 valence electrons. The number of carbonyl (C=O) groups excluding carboxylic acids is 3. The van der Waals surface area contributed by atoms with Crippen molar-refractivity contribution in [1.29, 1.82) is 0 Å². The van der Waals surface area contributed by atoms with Gasteiger partial charge in [-0.1, -0.05) is 12.8 Å². The van der Waals surface area contributed by atoms with Gasteiger partial charge in [-0.25, -0.2) is 9.59 Å². The van der Waals surface area contributed by atoms with Gasteiger partial charge in [0.15, 0.2) is 0 Å². The lowest BCUT2D eigenvalue weighted by molar-refractivity contribution is -0.140. The summed E-state index contributed by atoms with van der Waals surface area (Å²) in [4.78, 5) is 40.5. The van der Waals surface area contributed by atoms with Gasteiger partial charge in [0.1, 0.15) is 5.60 Å². The summed E-state index contributed by atoms with van der Waals surface area (Å²) in [6, 6.07) is -0.0716. The minimum atomic E-state index is -0.555. The average molecular weight is 351 g/mol. The molecule has 2 saturated heterocycles. The number of nitrogens with zero attached hydrogens (tertiary/aromatic N) is 2. The third-order valence-corrected chi connectivity index (χ3v) is 5.17. The molecule has 2 heterocycles. The van der Waals surface area contributed by atoms with Gasteiger partial charge >= 0.3 is 12.1 Å². The van der Waals surface area contributed by atoms with Crippen molar-refractivity contribution in [1.82, 2.24) is 15.1 Å². The molecule has 2 bridgehead atoms. The van der Waals surface area contributed by atoms with Crippen molar-refractivity contribution in [2.45, 2.75) is 64.5 Å². The van der Waals surface area contributed by atoms with Crippen LogP contribution >= 0.6 is 0 Å². The molecule has 1 saturated carbocycles. The van der Waals surface area contributed by atoms with Crippen molar-refractivity contribution < 1.29 is 19.1 Å². The highest BCUT2D eigenvalue weighted by Crippen LogP contribution is 2.31. The molecule has 7 heteroatoms. The number of imide groups is 1. The van der Waals surface area contributed by atoms with Crippen molar-refractivity contribution >= 4 is 18.0 Å². The first-order chi connectivity index (χ1) is 11.7. The first kappa shape index (κ1) is 18.0. The van der Waals surface area contributed by atoms with Crippen molar-refractivity contribution in [3.05, 3.63) is 0 Å². The summed E-state index contributed by atoms with van der Waals surface area (Å²) in [6.07, 6.45) is 4.62. The van der Waals surface area contributed by atoms with E-state index in [2.05, 4.69) is 5.32 Å². The molecular formula is C18H29N3O4. The number of hydrogen-bond donors (Lipinski definition) is 1. The molecule has 0 unspecified atom stereocenters. The summed E-state index contributed by atoms with van der Waals surface area (Å²) in [7, 11) is 0. The fraction of sp³-hybridized carbons (Fsp3) is 0.833. The predicted octanol–water partition coefficient (Wildman–Crippen LogP) is 2.35. The van der Waals surface area contributed by atoms with Crippen LogP contribution in [-0.2, 0) is 9.53 Å². The standard InChI is InChI=1S/C18H29N3O4/c1-18(2,3)25-17(24)20-9-12-8-13(11-20)15(22)21(10-12)16(23)19-14-6-4-5-7-14/h12-14H,4-11H2,1-3H3,(H,19,23)/t12-,13-/m0/s1. The van der Waals surface area contributed by atoms with Crippen LogP contribution in [0, 0.1) is 11.8 Å². The second-order valence-corrected chi connectivity index (χ2v) is 8.56. The van der Waals surface area contributed by atoms with Crippen LogP contribution in [-0.4, -0.2) is 59.1 Å². The number of likely N-dealkylation sites (tertiary alicyclic amines) is 2. The van der Waals surface area contributed by atoms with Crippen LogP contribution in [0.15, 0.2) is 0 Å². The molecule has 0 spiro atoms. The second-order valence-electron chi connectivity index (χ2n) is 8.56. The highest BCUT2D eigenvalue weighted by Gasteiger charge is 2.44. The molecule has 3 fully saturated rings. The number of amides is 4. The van der Waals surface area contributed by atoms with Crippen LogP contribution in [0.2, 0.25) is 0 Å². The summed E-state index contributed by atoms with van der Waals surface area (Å²) in [5.74, 6) is -0.354. The number of carbonyl (C=O) groups is 3. The number of hydrogen-bond acceptors (Lipinski definition) is 4. The SMILES string of the molecule is CC(C)(C)OC(=O)N1C[C@@H]2C[C@@H](C1)C(=O)N(C(=O)NC1CCCC1)C2. The van der Waals surface area contributed by atoms with Crippen molar-refractivity contribution in [2.75, 3.05) is 19.6 Å². The van der Waals surface area contributed by atoms with E-state index in [9.17, 15) is 14.4 Å². The topological polar surface area (TPSA) is 79.0 Å². The van der Waals surface area contributed by atoms with Gasteiger partial charge in [-0.2, -0.15) is 0 Å². The van der Waals surface area contributed by atoms with Crippen LogP contribution in [0.3, 0.4) is 0 Å². The Morgan fingerprint density at radius 3 is 2.44 bits per heavy atom. The predicted molar refractivity (Wildman–Crippen MR) is 91.9 cm³/mol. The minimum absolute atomic E-state index is 0.123. The fourth-order valence-electron chi connectivity index (χ4n) is 4.06. The average Bonchev–Trinajstić information content (AvgIpc) is 3.02. The quantitative estimate of drug-likeness (QED) is 0.786. The molecule has 7 nitrogen and oxygen atoms in total. The zero-order valence-electron chi connectivity index (χ0n) is 15.4. The number of nitrogens with one attached hydrogen (secondary N) is 1.